The van der Waals surface area contributed by atoms with Crippen molar-refractivity contribution in [3.8, 4) is 5.75 Å². The van der Waals surface area contributed by atoms with Gasteiger partial charge in [-0.05, 0) is 44.1 Å². The molecule has 0 aromatic heterocycles. The van der Waals surface area contributed by atoms with E-state index in [-0.39, 0.29) is 0 Å². The van der Waals surface area contributed by atoms with Crippen LogP contribution in [0.25, 0.3) is 0 Å². The Kier molecular flexibility index (Phi) is 5.33. The maximum Gasteiger partial charge on any atom is 0.119 e. The molecule has 2 heteroatoms. The van der Waals surface area contributed by atoms with Gasteiger partial charge in [0, 0.05) is 6.54 Å². The summed E-state index contributed by atoms with van der Waals surface area (Å²) < 4.78 is 5.64. The molecule has 1 rings (SSSR count). The average Bonchev–Trinajstić information content (AvgIpc) is 2.19. The smallest absolute Gasteiger partial charge is 0.119 e. The zero-order valence-corrected chi connectivity index (χ0v) is 10.9. The lowest BCUT2D eigenvalue weighted by atomic mass is 10.0. The molecule has 0 saturated carbocycles. The van der Waals surface area contributed by atoms with Crippen molar-refractivity contribution in [2.75, 3.05) is 27.2 Å². The summed E-state index contributed by atoms with van der Waals surface area (Å²) in [7, 11) is 4.10. The van der Waals surface area contributed by atoms with Crippen LogP contribution in [0.15, 0.2) is 24.3 Å². The highest BCUT2D eigenvalue weighted by Gasteiger charge is 1.99. The monoisotopic (exact) mass is 221 g/mol. The van der Waals surface area contributed by atoms with Gasteiger partial charge in [0.05, 0.1) is 0 Å². The summed E-state index contributed by atoms with van der Waals surface area (Å²) in [6.45, 7) is 6.17. The molecule has 0 amide bonds. The molecule has 0 bridgehead atoms. The van der Waals surface area contributed by atoms with Crippen LogP contribution in [0, 0.1) is 5.92 Å². The first-order valence-electron chi connectivity index (χ1n) is 5.94. The maximum absolute atomic E-state index is 5.64. The molecule has 0 fully saturated rings. The van der Waals surface area contributed by atoms with Crippen LogP contribution in [-0.2, 0) is 6.42 Å². The van der Waals surface area contributed by atoms with Crippen molar-refractivity contribution >= 4 is 0 Å². The predicted octanol–water partition coefficient (Wildman–Crippen LogP) is 2.83. The van der Waals surface area contributed by atoms with Gasteiger partial charge in [-0.15, -0.1) is 0 Å². The highest BCUT2D eigenvalue weighted by molar-refractivity contribution is 5.27. The van der Waals surface area contributed by atoms with Crippen LogP contribution in [0.2, 0.25) is 0 Å². The van der Waals surface area contributed by atoms with Crippen LogP contribution in [-0.4, -0.2) is 32.1 Å². The third-order valence-corrected chi connectivity index (χ3v) is 2.37. The molecule has 0 spiro atoms. The number of ether oxygens (including phenoxy) is 1. The van der Waals surface area contributed by atoms with Gasteiger partial charge in [-0.3, -0.25) is 0 Å². The number of rotatable bonds is 6. The molecule has 16 heavy (non-hydrogen) atoms. The lowest BCUT2D eigenvalue weighted by Gasteiger charge is -2.11. The Bertz CT molecular complexity index is 290. The Labute approximate surface area is 99.2 Å². The Morgan fingerprint density at radius 1 is 1.12 bits per heavy atom. The van der Waals surface area contributed by atoms with Crippen molar-refractivity contribution in [1.29, 1.82) is 0 Å². The SMILES string of the molecule is CC(C)Cc1ccc(OCCN(C)C)cc1. The second kappa shape index (κ2) is 6.54. The zero-order valence-electron chi connectivity index (χ0n) is 10.9. The average molecular weight is 221 g/mol. The number of likely N-dealkylation sites (N-methyl/N-ethyl adjacent to an activating group) is 1. The van der Waals surface area contributed by atoms with Crippen LogP contribution < -0.4 is 4.74 Å². The molecule has 0 saturated heterocycles. The van der Waals surface area contributed by atoms with E-state index in [1.807, 2.05) is 0 Å². The molecule has 1 aromatic rings. The summed E-state index contributed by atoms with van der Waals surface area (Å²) in [6.07, 6.45) is 1.14. The number of benzene rings is 1. The second-order valence-corrected chi connectivity index (χ2v) is 4.89. The fraction of sp³-hybridized carbons (Fsp3) is 0.571. The minimum Gasteiger partial charge on any atom is -0.492 e. The minimum absolute atomic E-state index is 0.709. The van der Waals surface area contributed by atoms with E-state index in [0.29, 0.717) is 5.92 Å². The van der Waals surface area contributed by atoms with Gasteiger partial charge in [-0.25, -0.2) is 0 Å². The Balaban J connectivity index is 2.39. The normalized spacial score (nSPS) is 11.1. The fourth-order valence-corrected chi connectivity index (χ4v) is 1.54. The summed E-state index contributed by atoms with van der Waals surface area (Å²) in [4.78, 5) is 2.12. The molecule has 0 aliphatic rings. The van der Waals surface area contributed by atoms with Crippen LogP contribution in [0.1, 0.15) is 19.4 Å². The third kappa shape index (κ3) is 5.17. The van der Waals surface area contributed by atoms with E-state index >= 15 is 0 Å². The van der Waals surface area contributed by atoms with Gasteiger partial charge < -0.3 is 9.64 Å². The van der Waals surface area contributed by atoms with Gasteiger partial charge in [-0.1, -0.05) is 26.0 Å². The molecule has 0 heterocycles. The van der Waals surface area contributed by atoms with Crippen molar-refractivity contribution in [2.24, 2.45) is 5.92 Å². The summed E-state index contributed by atoms with van der Waals surface area (Å²) in [5, 5.41) is 0. The first-order chi connectivity index (χ1) is 7.58. The summed E-state index contributed by atoms with van der Waals surface area (Å²) in [5.74, 6) is 1.68. The largest absolute Gasteiger partial charge is 0.492 e. The van der Waals surface area contributed by atoms with Crippen molar-refractivity contribution in [3.05, 3.63) is 29.8 Å². The van der Waals surface area contributed by atoms with E-state index in [1.54, 1.807) is 0 Å². The van der Waals surface area contributed by atoms with Gasteiger partial charge >= 0.3 is 0 Å². The third-order valence-electron chi connectivity index (χ3n) is 2.37. The van der Waals surface area contributed by atoms with E-state index in [9.17, 15) is 0 Å². The quantitative estimate of drug-likeness (QED) is 0.732. The van der Waals surface area contributed by atoms with Crippen molar-refractivity contribution in [2.45, 2.75) is 20.3 Å². The van der Waals surface area contributed by atoms with Crippen LogP contribution >= 0.6 is 0 Å². The fourth-order valence-electron chi connectivity index (χ4n) is 1.54. The highest BCUT2D eigenvalue weighted by atomic mass is 16.5. The molecule has 2 nitrogen and oxygen atoms in total. The summed E-state index contributed by atoms with van der Waals surface area (Å²) in [5.41, 5.74) is 1.38. The molecular weight excluding hydrogens is 198 g/mol. The molecule has 1 aromatic carbocycles. The van der Waals surface area contributed by atoms with Crippen molar-refractivity contribution < 1.29 is 4.74 Å². The molecule has 0 unspecified atom stereocenters. The van der Waals surface area contributed by atoms with Crippen LogP contribution in [0.4, 0.5) is 0 Å². The highest BCUT2D eigenvalue weighted by Crippen LogP contribution is 2.14. The van der Waals surface area contributed by atoms with Gasteiger partial charge in [0.2, 0.25) is 0 Å². The maximum atomic E-state index is 5.64. The van der Waals surface area contributed by atoms with Crippen molar-refractivity contribution in [3.63, 3.8) is 0 Å². The molecule has 0 atom stereocenters. The molecule has 90 valence electrons. The number of hydrogen-bond acceptors (Lipinski definition) is 2. The first kappa shape index (κ1) is 13.0. The molecule has 0 radical (unpaired) electrons. The lowest BCUT2D eigenvalue weighted by molar-refractivity contribution is 0.261. The lowest BCUT2D eigenvalue weighted by Crippen LogP contribution is -2.19. The molecule has 0 aliphatic heterocycles. The second-order valence-electron chi connectivity index (χ2n) is 4.89. The summed E-state index contributed by atoms with van der Waals surface area (Å²) >= 11 is 0. The van der Waals surface area contributed by atoms with E-state index in [0.717, 1.165) is 25.3 Å². The van der Waals surface area contributed by atoms with Gasteiger partial charge in [0.25, 0.3) is 0 Å². The molecule has 0 N–H and O–H groups in total. The van der Waals surface area contributed by atoms with Gasteiger partial charge in [-0.2, -0.15) is 0 Å². The Morgan fingerprint density at radius 3 is 2.25 bits per heavy atom. The van der Waals surface area contributed by atoms with Crippen molar-refractivity contribution in [1.82, 2.24) is 4.90 Å². The van der Waals surface area contributed by atoms with Gasteiger partial charge in [0.15, 0.2) is 0 Å². The Morgan fingerprint density at radius 2 is 1.75 bits per heavy atom. The van der Waals surface area contributed by atoms with E-state index in [4.69, 9.17) is 4.74 Å². The molecular formula is C14H23NO. The van der Waals surface area contributed by atoms with Crippen LogP contribution in [0.5, 0.6) is 5.75 Å². The van der Waals surface area contributed by atoms with E-state index in [2.05, 4.69) is 57.1 Å². The zero-order chi connectivity index (χ0) is 12.0. The van der Waals surface area contributed by atoms with E-state index in [1.165, 1.54) is 5.56 Å². The summed E-state index contributed by atoms with van der Waals surface area (Å²) in [6, 6.07) is 8.44. The van der Waals surface area contributed by atoms with Gasteiger partial charge in [0.1, 0.15) is 12.4 Å². The Hall–Kier alpha value is -1.02. The number of nitrogens with zero attached hydrogens (tertiary/aromatic N) is 1. The standard InChI is InChI=1S/C14H23NO/c1-12(2)11-13-5-7-14(8-6-13)16-10-9-15(3)4/h5-8,12H,9-11H2,1-4H3. The van der Waals surface area contributed by atoms with Crippen LogP contribution in [0.3, 0.4) is 0 Å². The first-order valence-corrected chi connectivity index (χ1v) is 5.94. The molecule has 0 aliphatic carbocycles. The van der Waals surface area contributed by atoms with E-state index < -0.39 is 0 Å². The number of hydrogen-bond donors (Lipinski definition) is 0. The predicted molar refractivity (Wildman–Crippen MR) is 69.0 cm³/mol. The topological polar surface area (TPSA) is 12.5 Å². The minimum atomic E-state index is 0.709.